The number of fused-ring (bicyclic) bond motifs is 1. The van der Waals surface area contributed by atoms with E-state index in [0.717, 1.165) is 23.3 Å². The molecule has 1 aromatic carbocycles. The van der Waals surface area contributed by atoms with Crippen LogP contribution in [0, 0.1) is 0 Å². The Morgan fingerprint density at radius 3 is 3.00 bits per heavy atom. The van der Waals surface area contributed by atoms with E-state index in [4.69, 9.17) is 9.15 Å². The molecule has 0 spiro atoms. The highest BCUT2D eigenvalue weighted by Gasteiger charge is 2.22. The second kappa shape index (κ2) is 3.68. The molecule has 1 aromatic heterocycles. The van der Waals surface area contributed by atoms with E-state index in [-0.39, 0.29) is 0 Å². The molecule has 1 atom stereocenters. The van der Waals surface area contributed by atoms with Crippen molar-refractivity contribution in [2.75, 3.05) is 6.61 Å². The number of hydrogen-bond donors (Lipinski definition) is 1. The van der Waals surface area contributed by atoms with Gasteiger partial charge in [-0.25, -0.2) is 0 Å². The number of para-hydroxylation sites is 1. The van der Waals surface area contributed by atoms with Crippen LogP contribution in [0.3, 0.4) is 0 Å². The van der Waals surface area contributed by atoms with Gasteiger partial charge in [0.05, 0.1) is 19.1 Å². The summed E-state index contributed by atoms with van der Waals surface area (Å²) in [6.07, 6.45) is 3.36. The minimum Gasteiger partial charge on any atom is -0.493 e. The third kappa shape index (κ3) is 1.41. The number of furan rings is 1. The molecule has 3 nitrogen and oxygen atoms in total. The molecule has 1 aliphatic rings. The van der Waals surface area contributed by atoms with E-state index in [0.29, 0.717) is 6.61 Å². The van der Waals surface area contributed by atoms with Crippen molar-refractivity contribution in [3.8, 4) is 5.75 Å². The van der Waals surface area contributed by atoms with Crippen molar-refractivity contribution in [1.82, 2.24) is 0 Å². The van der Waals surface area contributed by atoms with Gasteiger partial charge < -0.3 is 14.3 Å². The molecule has 0 saturated heterocycles. The van der Waals surface area contributed by atoms with Crippen LogP contribution in [0.5, 0.6) is 5.75 Å². The zero-order chi connectivity index (χ0) is 11.0. The molecule has 0 amide bonds. The lowest BCUT2D eigenvalue weighted by Crippen LogP contribution is -2.00. The molecule has 1 N–H and O–H groups in total. The molecule has 0 saturated carbocycles. The van der Waals surface area contributed by atoms with Crippen molar-refractivity contribution in [2.45, 2.75) is 12.5 Å². The summed E-state index contributed by atoms with van der Waals surface area (Å²) in [7, 11) is 0. The molecule has 2 aromatic rings. The summed E-state index contributed by atoms with van der Waals surface area (Å²) in [4.78, 5) is 0. The van der Waals surface area contributed by atoms with Gasteiger partial charge in [0.1, 0.15) is 11.9 Å². The Balaban J connectivity index is 2.04. The maximum Gasteiger partial charge on any atom is 0.128 e. The van der Waals surface area contributed by atoms with Crippen LogP contribution >= 0.6 is 0 Å². The summed E-state index contributed by atoms with van der Waals surface area (Å²) >= 11 is 0. The molecule has 1 unspecified atom stereocenters. The van der Waals surface area contributed by atoms with E-state index in [1.54, 1.807) is 18.6 Å². The van der Waals surface area contributed by atoms with Crippen molar-refractivity contribution in [3.05, 3.63) is 53.5 Å². The smallest absolute Gasteiger partial charge is 0.128 e. The molecular weight excluding hydrogens is 204 g/mol. The number of rotatable bonds is 2. The molecule has 0 fully saturated rings. The molecule has 0 radical (unpaired) electrons. The van der Waals surface area contributed by atoms with Gasteiger partial charge >= 0.3 is 0 Å². The zero-order valence-corrected chi connectivity index (χ0v) is 8.72. The van der Waals surface area contributed by atoms with Crippen molar-refractivity contribution in [1.29, 1.82) is 0 Å². The average Bonchev–Trinajstić information content (AvgIpc) is 2.98. The fraction of sp³-hybridized carbons (Fsp3) is 0.231. The van der Waals surface area contributed by atoms with E-state index in [9.17, 15) is 5.11 Å². The van der Waals surface area contributed by atoms with Crippen LogP contribution in [0.4, 0.5) is 0 Å². The Morgan fingerprint density at radius 2 is 2.19 bits per heavy atom. The van der Waals surface area contributed by atoms with Crippen LogP contribution < -0.4 is 4.74 Å². The molecule has 0 bridgehead atoms. The highest BCUT2D eigenvalue weighted by Crippen LogP contribution is 2.35. The Kier molecular flexibility index (Phi) is 2.18. The first-order valence-electron chi connectivity index (χ1n) is 5.31. The van der Waals surface area contributed by atoms with Crippen molar-refractivity contribution < 1.29 is 14.3 Å². The summed E-state index contributed by atoms with van der Waals surface area (Å²) in [5.74, 6) is 0.830. The van der Waals surface area contributed by atoms with E-state index in [2.05, 4.69) is 0 Å². The molecule has 0 aliphatic carbocycles. The van der Waals surface area contributed by atoms with E-state index in [1.165, 1.54) is 5.56 Å². The molecular formula is C13H12O3. The highest BCUT2D eigenvalue weighted by molar-refractivity contribution is 5.47. The largest absolute Gasteiger partial charge is 0.493 e. The van der Waals surface area contributed by atoms with Crippen LogP contribution in [0.15, 0.2) is 41.2 Å². The van der Waals surface area contributed by atoms with Gasteiger partial charge in [0.25, 0.3) is 0 Å². The SMILES string of the molecule is OC(c1ccoc1)c1cccc2c1OCC2. The predicted molar refractivity (Wildman–Crippen MR) is 58.4 cm³/mol. The Morgan fingerprint density at radius 1 is 1.25 bits per heavy atom. The van der Waals surface area contributed by atoms with E-state index >= 15 is 0 Å². The lowest BCUT2D eigenvalue weighted by Gasteiger charge is -2.12. The second-order valence-corrected chi connectivity index (χ2v) is 3.89. The average molecular weight is 216 g/mol. The number of hydrogen-bond acceptors (Lipinski definition) is 3. The number of ether oxygens (including phenoxy) is 1. The van der Waals surface area contributed by atoms with Crippen LogP contribution in [-0.4, -0.2) is 11.7 Å². The monoisotopic (exact) mass is 216 g/mol. The van der Waals surface area contributed by atoms with E-state index < -0.39 is 6.10 Å². The molecule has 2 heterocycles. The Bertz CT molecular complexity index is 488. The Labute approximate surface area is 93.3 Å². The van der Waals surface area contributed by atoms with Gasteiger partial charge in [-0.15, -0.1) is 0 Å². The fourth-order valence-corrected chi connectivity index (χ4v) is 2.07. The fourth-order valence-electron chi connectivity index (χ4n) is 2.07. The number of aliphatic hydroxyl groups is 1. The van der Waals surface area contributed by atoms with Crippen LogP contribution in [0.25, 0.3) is 0 Å². The number of aliphatic hydroxyl groups excluding tert-OH is 1. The topological polar surface area (TPSA) is 42.6 Å². The van der Waals surface area contributed by atoms with Gasteiger partial charge in [0.2, 0.25) is 0 Å². The van der Waals surface area contributed by atoms with Gasteiger partial charge in [-0.05, 0) is 11.6 Å². The minimum absolute atomic E-state index is 0.674. The van der Waals surface area contributed by atoms with Crippen LogP contribution in [0.2, 0.25) is 0 Å². The normalized spacial score (nSPS) is 15.6. The standard InChI is InChI=1S/C13H12O3/c14-12(10-4-6-15-8-10)11-3-1-2-9-5-7-16-13(9)11/h1-4,6,8,12,14H,5,7H2. The molecule has 3 rings (SSSR count). The van der Waals surface area contributed by atoms with Crippen LogP contribution in [0.1, 0.15) is 22.8 Å². The molecule has 1 aliphatic heterocycles. The van der Waals surface area contributed by atoms with Crippen molar-refractivity contribution in [2.24, 2.45) is 0 Å². The quantitative estimate of drug-likeness (QED) is 0.837. The van der Waals surface area contributed by atoms with Gasteiger partial charge in [0, 0.05) is 17.5 Å². The second-order valence-electron chi connectivity index (χ2n) is 3.89. The lowest BCUT2D eigenvalue weighted by molar-refractivity contribution is 0.213. The lowest BCUT2D eigenvalue weighted by atomic mass is 10.0. The first kappa shape index (κ1) is 9.48. The first-order valence-corrected chi connectivity index (χ1v) is 5.31. The summed E-state index contributed by atoms with van der Waals surface area (Å²) in [6, 6.07) is 7.64. The summed E-state index contributed by atoms with van der Waals surface area (Å²) in [6.45, 7) is 0.699. The Hall–Kier alpha value is -1.74. The van der Waals surface area contributed by atoms with E-state index in [1.807, 2.05) is 18.2 Å². The maximum absolute atomic E-state index is 10.2. The van der Waals surface area contributed by atoms with Crippen molar-refractivity contribution >= 4 is 0 Å². The molecule has 82 valence electrons. The summed E-state index contributed by atoms with van der Waals surface area (Å²) in [5.41, 5.74) is 2.74. The maximum atomic E-state index is 10.2. The van der Waals surface area contributed by atoms with Gasteiger partial charge in [-0.2, -0.15) is 0 Å². The van der Waals surface area contributed by atoms with Gasteiger partial charge in [-0.3, -0.25) is 0 Å². The third-order valence-corrected chi connectivity index (χ3v) is 2.90. The van der Waals surface area contributed by atoms with Gasteiger partial charge in [-0.1, -0.05) is 18.2 Å². The van der Waals surface area contributed by atoms with Crippen molar-refractivity contribution in [3.63, 3.8) is 0 Å². The minimum atomic E-state index is -0.674. The third-order valence-electron chi connectivity index (χ3n) is 2.90. The molecule has 3 heteroatoms. The highest BCUT2D eigenvalue weighted by atomic mass is 16.5. The zero-order valence-electron chi connectivity index (χ0n) is 8.72. The molecule has 16 heavy (non-hydrogen) atoms. The van der Waals surface area contributed by atoms with Gasteiger partial charge in [0.15, 0.2) is 0 Å². The first-order chi connectivity index (χ1) is 7.86. The summed E-state index contributed by atoms with van der Waals surface area (Å²) in [5, 5.41) is 10.2. The summed E-state index contributed by atoms with van der Waals surface area (Å²) < 4.78 is 10.5. The van der Waals surface area contributed by atoms with Crippen LogP contribution in [-0.2, 0) is 6.42 Å². The predicted octanol–water partition coefficient (Wildman–Crippen LogP) is 2.30. The number of benzene rings is 1.